The van der Waals surface area contributed by atoms with Crippen LogP contribution in [0.25, 0.3) is 0 Å². The first-order valence-electron chi connectivity index (χ1n) is 9.17. The van der Waals surface area contributed by atoms with Crippen LogP contribution < -0.4 is 0 Å². The van der Waals surface area contributed by atoms with Gasteiger partial charge in [0.25, 0.3) is 0 Å². The molecule has 0 bridgehead atoms. The summed E-state index contributed by atoms with van der Waals surface area (Å²) < 4.78 is 5.94. The van der Waals surface area contributed by atoms with Crippen LogP contribution in [0, 0.1) is 0 Å². The van der Waals surface area contributed by atoms with E-state index in [2.05, 4.69) is 25.6 Å². The van der Waals surface area contributed by atoms with Gasteiger partial charge < -0.3 is 14.8 Å². The average molecular weight is 356 g/mol. The van der Waals surface area contributed by atoms with E-state index in [-0.39, 0.29) is 11.9 Å². The molecule has 1 unspecified atom stereocenters. The molecule has 1 N–H and O–H groups in total. The Bertz CT molecular complexity index is 722. The summed E-state index contributed by atoms with van der Waals surface area (Å²) >= 11 is 0. The van der Waals surface area contributed by atoms with Crippen LogP contribution in [0.5, 0.6) is 0 Å². The van der Waals surface area contributed by atoms with Gasteiger partial charge in [-0.1, -0.05) is 56.3 Å². The molecule has 26 heavy (non-hydrogen) atoms. The lowest BCUT2D eigenvalue weighted by Gasteiger charge is -2.31. The zero-order valence-electron chi connectivity index (χ0n) is 15.9. The van der Waals surface area contributed by atoms with Crippen LogP contribution in [0.15, 0.2) is 53.5 Å². The second kappa shape index (κ2) is 9.34. The van der Waals surface area contributed by atoms with E-state index in [9.17, 15) is 10.0 Å². The van der Waals surface area contributed by atoms with Crippen molar-refractivity contribution in [3.63, 3.8) is 0 Å². The van der Waals surface area contributed by atoms with E-state index in [1.807, 2.05) is 17.0 Å². The summed E-state index contributed by atoms with van der Waals surface area (Å²) in [7, 11) is 0. The van der Waals surface area contributed by atoms with Gasteiger partial charge in [-0.3, -0.25) is 4.79 Å². The van der Waals surface area contributed by atoms with Crippen molar-refractivity contribution in [2.45, 2.75) is 46.1 Å². The molecular formula is C21H28N2O3. The minimum atomic E-state index is -0.0869. The summed E-state index contributed by atoms with van der Waals surface area (Å²) in [6, 6.07) is 7.20. The zero-order valence-corrected chi connectivity index (χ0v) is 15.9. The lowest BCUT2D eigenvalue weighted by molar-refractivity contribution is 0.0340. The fraction of sp³-hybridized carbons (Fsp3) is 0.429. The number of allylic oxidation sites excluding steroid dienone is 2. The minimum Gasteiger partial charge on any atom is -0.410 e. The normalized spacial score (nSPS) is 16.6. The maximum absolute atomic E-state index is 13.1. The lowest BCUT2D eigenvalue weighted by atomic mass is 9.86. The standard InChI is InChI=1S/C21H28N2O3/c1-5-10-16(26-13-6-2)14-23(7-3)20-15(4)19(22-25)17-11-8-9-12-18(17)21(20)24/h7-9,11-12,16,25H,3,5-6,10,13-14H2,1-2,4H3/b22-19-. The molecule has 0 fully saturated rings. The van der Waals surface area contributed by atoms with Crippen molar-refractivity contribution in [2.24, 2.45) is 5.16 Å². The van der Waals surface area contributed by atoms with Gasteiger partial charge in [-0.2, -0.15) is 0 Å². The lowest BCUT2D eigenvalue weighted by Crippen LogP contribution is -2.36. The van der Waals surface area contributed by atoms with Gasteiger partial charge in [-0.05, 0) is 26.0 Å². The second-order valence-corrected chi connectivity index (χ2v) is 6.41. The molecule has 0 aromatic heterocycles. The van der Waals surface area contributed by atoms with Crippen LogP contribution in [-0.2, 0) is 4.74 Å². The minimum absolute atomic E-state index is 0.0118. The van der Waals surface area contributed by atoms with Crippen LogP contribution in [-0.4, -0.2) is 40.9 Å². The van der Waals surface area contributed by atoms with E-state index in [0.29, 0.717) is 41.3 Å². The summed E-state index contributed by atoms with van der Waals surface area (Å²) in [5, 5.41) is 13.0. The topological polar surface area (TPSA) is 62.1 Å². The summed E-state index contributed by atoms with van der Waals surface area (Å²) in [4.78, 5) is 14.9. The smallest absolute Gasteiger partial charge is 0.210 e. The predicted molar refractivity (Wildman–Crippen MR) is 104 cm³/mol. The van der Waals surface area contributed by atoms with Gasteiger partial charge >= 0.3 is 0 Å². The summed E-state index contributed by atoms with van der Waals surface area (Å²) in [5.41, 5.74) is 2.74. The molecule has 5 nitrogen and oxygen atoms in total. The van der Waals surface area contributed by atoms with Gasteiger partial charge in [0.2, 0.25) is 5.78 Å². The largest absolute Gasteiger partial charge is 0.410 e. The van der Waals surface area contributed by atoms with E-state index >= 15 is 0 Å². The molecule has 5 heteroatoms. The van der Waals surface area contributed by atoms with Gasteiger partial charge in [0.05, 0.1) is 11.8 Å². The number of ketones is 1. The molecule has 1 aromatic rings. The Morgan fingerprint density at radius 1 is 1.27 bits per heavy atom. The highest BCUT2D eigenvalue weighted by atomic mass is 16.5. The third-order valence-corrected chi connectivity index (χ3v) is 4.53. The Kier molecular flexibility index (Phi) is 7.16. The van der Waals surface area contributed by atoms with Crippen molar-refractivity contribution in [1.82, 2.24) is 4.90 Å². The van der Waals surface area contributed by atoms with E-state index in [1.54, 1.807) is 25.3 Å². The molecule has 0 spiro atoms. The van der Waals surface area contributed by atoms with E-state index < -0.39 is 0 Å². The molecule has 0 radical (unpaired) electrons. The highest BCUT2D eigenvalue weighted by Gasteiger charge is 2.32. The number of Topliss-reactive ketones (excluding diaryl/α,β-unsaturated/α-hetero) is 1. The monoisotopic (exact) mass is 356 g/mol. The van der Waals surface area contributed by atoms with Crippen molar-refractivity contribution < 1.29 is 14.7 Å². The molecule has 1 aliphatic carbocycles. The van der Waals surface area contributed by atoms with Crippen LogP contribution >= 0.6 is 0 Å². The Morgan fingerprint density at radius 3 is 2.54 bits per heavy atom. The second-order valence-electron chi connectivity index (χ2n) is 6.41. The molecule has 0 saturated heterocycles. The Balaban J connectivity index is 2.39. The van der Waals surface area contributed by atoms with Gasteiger partial charge in [-0.15, -0.1) is 0 Å². The highest BCUT2D eigenvalue weighted by molar-refractivity contribution is 6.28. The van der Waals surface area contributed by atoms with Crippen molar-refractivity contribution in [3.05, 3.63) is 59.4 Å². The van der Waals surface area contributed by atoms with Gasteiger partial charge in [0.1, 0.15) is 5.71 Å². The first kappa shape index (κ1) is 19.9. The zero-order chi connectivity index (χ0) is 19.1. The van der Waals surface area contributed by atoms with Crippen LogP contribution in [0.4, 0.5) is 0 Å². The summed E-state index contributed by atoms with van der Waals surface area (Å²) in [5.74, 6) is -0.0869. The number of carbonyl (C=O) groups is 1. The molecule has 1 atom stereocenters. The quantitative estimate of drug-likeness (QED) is 0.527. The van der Waals surface area contributed by atoms with Crippen molar-refractivity contribution in [3.8, 4) is 0 Å². The SMILES string of the molecule is C=CN(CC(CCC)OCCC)C1=C(C)/C(=N/O)c2ccccc2C1=O. The number of ether oxygens (including phenoxy) is 1. The molecule has 0 saturated carbocycles. The van der Waals surface area contributed by atoms with E-state index in [1.165, 1.54) is 0 Å². The summed E-state index contributed by atoms with van der Waals surface area (Å²) in [6.07, 6.45) is 4.51. The third kappa shape index (κ3) is 4.05. The number of hydrogen-bond donors (Lipinski definition) is 1. The summed E-state index contributed by atoms with van der Waals surface area (Å²) in [6.45, 7) is 11.1. The van der Waals surface area contributed by atoms with Gasteiger partial charge in [0, 0.05) is 29.9 Å². The van der Waals surface area contributed by atoms with Crippen LogP contribution in [0.1, 0.15) is 56.0 Å². The number of hydrogen-bond acceptors (Lipinski definition) is 5. The fourth-order valence-electron chi connectivity index (χ4n) is 3.28. The number of oxime groups is 1. The molecule has 0 aliphatic heterocycles. The maximum atomic E-state index is 13.1. The Morgan fingerprint density at radius 2 is 1.96 bits per heavy atom. The number of carbonyl (C=O) groups excluding carboxylic acids is 1. The van der Waals surface area contributed by atoms with Gasteiger partial charge in [-0.25, -0.2) is 0 Å². The van der Waals surface area contributed by atoms with Crippen molar-refractivity contribution in [2.75, 3.05) is 13.2 Å². The van der Waals surface area contributed by atoms with Crippen LogP contribution in [0.2, 0.25) is 0 Å². The van der Waals surface area contributed by atoms with Crippen molar-refractivity contribution in [1.29, 1.82) is 0 Å². The molecular weight excluding hydrogens is 328 g/mol. The van der Waals surface area contributed by atoms with E-state index in [0.717, 1.165) is 19.3 Å². The molecule has 1 aromatic carbocycles. The first-order chi connectivity index (χ1) is 12.6. The third-order valence-electron chi connectivity index (χ3n) is 4.53. The number of benzene rings is 1. The molecule has 140 valence electrons. The fourth-order valence-corrected chi connectivity index (χ4v) is 3.28. The van der Waals surface area contributed by atoms with Gasteiger partial charge in [0.15, 0.2) is 0 Å². The predicted octanol–water partition coefficient (Wildman–Crippen LogP) is 4.38. The Labute approximate surface area is 155 Å². The average Bonchev–Trinajstić information content (AvgIpc) is 2.65. The van der Waals surface area contributed by atoms with E-state index in [4.69, 9.17) is 4.74 Å². The first-order valence-corrected chi connectivity index (χ1v) is 9.17. The molecule has 2 rings (SSSR count). The molecule has 0 heterocycles. The highest BCUT2D eigenvalue weighted by Crippen LogP contribution is 2.29. The van der Waals surface area contributed by atoms with Crippen LogP contribution in [0.3, 0.4) is 0 Å². The number of fused-ring (bicyclic) bond motifs is 1. The number of nitrogens with zero attached hydrogens (tertiary/aromatic N) is 2. The number of rotatable bonds is 9. The Hall–Kier alpha value is -2.40. The maximum Gasteiger partial charge on any atom is 0.210 e. The molecule has 1 aliphatic rings. The van der Waals surface area contributed by atoms with Crippen molar-refractivity contribution >= 4 is 11.5 Å². The molecule has 0 amide bonds.